The standard InChI is InChI=1S/C18H18N6O/c25-24-16-12-5-9-20-10-14(12)22-17-13(2-1-6-21-17)15(16)23-18(24)11-3-7-19-8-4-11/h1-2,5-6,9-11,19,25H,3-4,7-8H2,(H,21,22). The third-order valence-corrected chi connectivity index (χ3v) is 4.98. The molecule has 7 nitrogen and oxygen atoms in total. The molecule has 0 bridgehead atoms. The van der Waals surface area contributed by atoms with Crippen LogP contribution in [0.5, 0.6) is 0 Å². The van der Waals surface area contributed by atoms with E-state index < -0.39 is 0 Å². The third-order valence-electron chi connectivity index (χ3n) is 4.98. The quantitative estimate of drug-likeness (QED) is 0.464. The summed E-state index contributed by atoms with van der Waals surface area (Å²) in [5.74, 6) is 1.70. The number of aromatic nitrogens is 4. The van der Waals surface area contributed by atoms with Gasteiger partial charge in [0.2, 0.25) is 0 Å². The number of nitrogens with zero attached hydrogens (tertiary/aromatic N) is 4. The minimum absolute atomic E-state index is 0.247. The van der Waals surface area contributed by atoms with Crippen LogP contribution in [0.4, 0.5) is 11.5 Å². The Morgan fingerprint density at radius 2 is 2.00 bits per heavy atom. The summed E-state index contributed by atoms with van der Waals surface area (Å²) in [6.07, 6.45) is 7.16. The van der Waals surface area contributed by atoms with Gasteiger partial charge in [0.15, 0.2) is 0 Å². The highest BCUT2D eigenvalue weighted by molar-refractivity contribution is 5.94. The van der Waals surface area contributed by atoms with Crippen molar-refractivity contribution in [3.8, 4) is 22.5 Å². The lowest BCUT2D eigenvalue weighted by Crippen LogP contribution is -2.28. The van der Waals surface area contributed by atoms with E-state index in [1.807, 2.05) is 18.2 Å². The Labute approximate surface area is 144 Å². The Morgan fingerprint density at radius 3 is 2.88 bits per heavy atom. The lowest BCUT2D eigenvalue weighted by molar-refractivity contribution is 0.172. The predicted octanol–water partition coefficient (Wildman–Crippen LogP) is 2.77. The predicted molar refractivity (Wildman–Crippen MR) is 94.0 cm³/mol. The monoisotopic (exact) mass is 334 g/mol. The Kier molecular flexibility index (Phi) is 3.21. The minimum atomic E-state index is 0.247. The first-order valence-electron chi connectivity index (χ1n) is 8.52. The average Bonchev–Trinajstić information content (AvgIpc) is 2.93. The van der Waals surface area contributed by atoms with E-state index in [4.69, 9.17) is 4.98 Å². The van der Waals surface area contributed by atoms with Crippen LogP contribution in [-0.4, -0.2) is 38.0 Å². The van der Waals surface area contributed by atoms with Gasteiger partial charge in [0, 0.05) is 29.4 Å². The van der Waals surface area contributed by atoms with Crippen molar-refractivity contribution in [2.24, 2.45) is 0 Å². The second kappa shape index (κ2) is 5.56. The lowest BCUT2D eigenvalue weighted by atomic mass is 9.97. The maximum absolute atomic E-state index is 11.0. The molecule has 5 rings (SSSR count). The van der Waals surface area contributed by atoms with E-state index in [0.717, 1.165) is 60.1 Å². The van der Waals surface area contributed by atoms with Gasteiger partial charge in [0.1, 0.15) is 23.0 Å². The lowest BCUT2D eigenvalue weighted by Gasteiger charge is -2.21. The summed E-state index contributed by atoms with van der Waals surface area (Å²) >= 11 is 0. The molecule has 126 valence electrons. The number of rotatable bonds is 1. The summed E-state index contributed by atoms with van der Waals surface area (Å²) < 4.78 is 1.27. The number of hydrogen-bond acceptors (Lipinski definition) is 6. The number of piperidine rings is 1. The number of fused-ring (bicyclic) bond motifs is 5. The molecule has 0 spiro atoms. The second-order valence-corrected chi connectivity index (χ2v) is 6.45. The van der Waals surface area contributed by atoms with Crippen LogP contribution in [0.15, 0.2) is 36.8 Å². The van der Waals surface area contributed by atoms with Gasteiger partial charge in [-0.1, -0.05) is 0 Å². The number of imidazole rings is 1. The van der Waals surface area contributed by atoms with Gasteiger partial charge in [-0.15, -0.1) is 0 Å². The molecule has 25 heavy (non-hydrogen) atoms. The molecule has 0 atom stereocenters. The van der Waals surface area contributed by atoms with Crippen molar-refractivity contribution in [1.82, 2.24) is 25.0 Å². The van der Waals surface area contributed by atoms with Crippen molar-refractivity contribution in [2.45, 2.75) is 18.8 Å². The van der Waals surface area contributed by atoms with Crippen molar-refractivity contribution < 1.29 is 5.21 Å². The van der Waals surface area contributed by atoms with E-state index in [0.29, 0.717) is 5.69 Å². The first-order chi connectivity index (χ1) is 12.3. The summed E-state index contributed by atoms with van der Waals surface area (Å²) in [6, 6.07) is 5.76. The van der Waals surface area contributed by atoms with Crippen LogP contribution >= 0.6 is 0 Å². The largest absolute Gasteiger partial charge is 0.427 e. The molecule has 0 amide bonds. The summed E-state index contributed by atoms with van der Waals surface area (Å²) in [5.41, 5.74) is 4.03. The molecule has 3 aromatic rings. The van der Waals surface area contributed by atoms with Crippen molar-refractivity contribution in [3.63, 3.8) is 0 Å². The maximum atomic E-state index is 11.0. The molecule has 7 heteroatoms. The zero-order chi connectivity index (χ0) is 16.8. The molecule has 1 fully saturated rings. The Morgan fingerprint density at radius 1 is 1.12 bits per heavy atom. The van der Waals surface area contributed by atoms with Gasteiger partial charge >= 0.3 is 0 Å². The summed E-state index contributed by atoms with van der Waals surface area (Å²) in [7, 11) is 0. The van der Waals surface area contributed by atoms with Gasteiger partial charge in [-0.05, 0) is 44.1 Å². The fourth-order valence-corrected chi connectivity index (χ4v) is 3.73. The fourth-order valence-electron chi connectivity index (χ4n) is 3.73. The summed E-state index contributed by atoms with van der Waals surface area (Å²) in [4.78, 5) is 13.5. The van der Waals surface area contributed by atoms with Gasteiger partial charge in [-0.25, -0.2) is 9.97 Å². The number of nitrogens with one attached hydrogen (secondary N) is 2. The average molecular weight is 334 g/mol. The van der Waals surface area contributed by atoms with Crippen molar-refractivity contribution in [2.75, 3.05) is 18.4 Å². The first-order valence-corrected chi connectivity index (χ1v) is 8.52. The topological polar surface area (TPSA) is 87.9 Å². The number of pyridine rings is 2. The molecule has 0 aromatic carbocycles. The van der Waals surface area contributed by atoms with Gasteiger partial charge in [0.05, 0.1) is 11.9 Å². The van der Waals surface area contributed by atoms with Crippen LogP contribution in [0.25, 0.3) is 22.5 Å². The van der Waals surface area contributed by atoms with Crippen LogP contribution in [0, 0.1) is 0 Å². The van der Waals surface area contributed by atoms with Crippen LogP contribution in [-0.2, 0) is 0 Å². The normalized spacial score (nSPS) is 16.3. The maximum Gasteiger partial charge on any atom is 0.149 e. The fraction of sp³-hybridized carbons (Fsp3) is 0.278. The van der Waals surface area contributed by atoms with E-state index >= 15 is 0 Å². The molecular formula is C18H18N6O. The molecule has 2 aliphatic heterocycles. The van der Waals surface area contributed by atoms with E-state index in [9.17, 15) is 5.21 Å². The highest BCUT2D eigenvalue weighted by Gasteiger charge is 2.30. The molecule has 0 radical (unpaired) electrons. The molecule has 0 unspecified atom stereocenters. The SMILES string of the molecule is On1c(C2CCNCC2)nc2c1-c1ccncc1Nc1ncccc1-2. The Bertz CT molecular complexity index is 944. The molecule has 0 saturated carbocycles. The van der Waals surface area contributed by atoms with Crippen LogP contribution < -0.4 is 10.6 Å². The van der Waals surface area contributed by atoms with E-state index in [1.165, 1.54) is 4.73 Å². The molecule has 3 N–H and O–H groups in total. The molecular weight excluding hydrogens is 316 g/mol. The van der Waals surface area contributed by atoms with Gasteiger partial charge in [-0.2, -0.15) is 4.73 Å². The van der Waals surface area contributed by atoms with Crippen molar-refractivity contribution in [1.29, 1.82) is 0 Å². The van der Waals surface area contributed by atoms with Crippen molar-refractivity contribution in [3.05, 3.63) is 42.6 Å². The second-order valence-electron chi connectivity index (χ2n) is 6.45. The highest BCUT2D eigenvalue weighted by Crippen LogP contribution is 2.44. The summed E-state index contributed by atoms with van der Waals surface area (Å²) in [5, 5.41) is 17.7. The van der Waals surface area contributed by atoms with E-state index in [1.54, 1.807) is 18.6 Å². The number of anilines is 2. The molecule has 2 aliphatic rings. The molecule has 1 saturated heterocycles. The highest BCUT2D eigenvalue weighted by atomic mass is 16.5. The molecule has 0 aliphatic carbocycles. The first kappa shape index (κ1) is 14.4. The summed E-state index contributed by atoms with van der Waals surface area (Å²) in [6.45, 7) is 1.89. The van der Waals surface area contributed by atoms with Gasteiger partial charge in [-0.3, -0.25) is 4.98 Å². The Hall–Kier alpha value is -2.93. The van der Waals surface area contributed by atoms with Crippen LogP contribution in [0.1, 0.15) is 24.6 Å². The smallest absolute Gasteiger partial charge is 0.149 e. The van der Waals surface area contributed by atoms with Gasteiger partial charge < -0.3 is 15.8 Å². The van der Waals surface area contributed by atoms with Gasteiger partial charge in [0.25, 0.3) is 0 Å². The Balaban J connectivity index is 1.78. The zero-order valence-corrected chi connectivity index (χ0v) is 13.6. The zero-order valence-electron chi connectivity index (χ0n) is 13.6. The molecule has 5 heterocycles. The van der Waals surface area contributed by atoms with Crippen LogP contribution in [0.2, 0.25) is 0 Å². The van der Waals surface area contributed by atoms with Crippen molar-refractivity contribution >= 4 is 11.5 Å². The van der Waals surface area contributed by atoms with Crippen LogP contribution in [0.3, 0.4) is 0 Å². The number of hydrogen-bond donors (Lipinski definition) is 3. The molecule has 3 aromatic heterocycles. The van der Waals surface area contributed by atoms with E-state index in [2.05, 4.69) is 20.6 Å². The minimum Gasteiger partial charge on any atom is -0.427 e. The third kappa shape index (κ3) is 2.20. The van der Waals surface area contributed by atoms with E-state index in [-0.39, 0.29) is 5.92 Å².